The number of carbonyl (C=O) groups is 2. The Morgan fingerprint density at radius 2 is 1.97 bits per heavy atom. The summed E-state index contributed by atoms with van der Waals surface area (Å²) in [6.45, 7) is 0. The van der Waals surface area contributed by atoms with E-state index in [4.69, 9.17) is 0 Å². The summed E-state index contributed by atoms with van der Waals surface area (Å²) >= 11 is 3.30. The van der Waals surface area contributed by atoms with Crippen molar-refractivity contribution in [3.8, 4) is 0 Å². The Balaban J connectivity index is 1.91. The number of benzene rings is 2. The van der Waals surface area contributed by atoms with Crippen molar-refractivity contribution in [2.45, 2.75) is 25.2 Å². The zero-order valence-electron chi connectivity index (χ0n) is 16.2. The van der Waals surface area contributed by atoms with Crippen molar-refractivity contribution in [2.24, 2.45) is 5.10 Å². The Bertz CT molecular complexity index is 1010. The number of halogens is 2. The summed E-state index contributed by atoms with van der Waals surface area (Å²) in [5.41, 5.74) is 3.86. The summed E-state index contributed by atoms with van der Waals surface area (Å²) < 4.78 is 19.6. The van der Waals surface area contributed by atoms with Crippen LogP contribution in [0.3, 0.4) is 0 Å². The van der Waals surface area contributed by atoms with E-state index in [0.29, 0.717) is 5.56 Å². The highest BCUT2D eigenvalue weighted by Gasteiger charge is 2.27. The Morgan fingerprint density at radius 1 is 1.27 bits per heavy atom. The molecule has 0 saturated heterocycles. The molecule has 0 heterocycles. The summed E-state index contributed by atoms with van der Waals surface area (Å²) in [6.07, 6.45) is 2.49. The maximum atomic E-state index is 14.3. The molecule has 0 spiro atoms. The van der Waals surface area contributed by atoms with Gasteiger partial charge in [0.15, 0.2) is 5.78 Å². The number of hydrogen-bond acceptors (Lipinski definition) is 6. The minimum Gasteiger partial charge on any atom is -0.507 e. The lowest BCUT2D eigenvalue weighted by Gasteiger charge is -2.10. The van der Waals surface area contributed by atoms with Crippen molar-refractivity contribution >= 4 is 45.3 Å². The minimum absolute atomic E-state index is 0.195. The van der Waals surface area contributed by atoms with Crippen LogP contribution in [0.1, 0.15) is 36.3 Å². The second kappa shape index (κ2) is 9.67. The second-order valence-corrected chi connectivity index (χ2v) is 7.71. The number of nitrogens with zero attached hydrogens (tertiary/aromatic N) is 1. The molecule has 1 fully saturated rings. The van der Waals surface area contributed by atoms with E-state index in [1.165, 1.54) is 13.2 Å². The van der Waals surface area contributed by atoms with Crippen molar-refractivity contribution in [2.75, 3.05) is 12.5 Å². The monoisotopic (exact) mass is 474 g/mol. The summed E-state index contributed by atoms with van der Waals surface area (Å²) in [5.74, 6) is -1.94. The van der Waals surface area contributed by atoms with Gasteiger partial charge in [-0.2, -0.15) is 5.10 Å². The van der Waals surface area contributed by atoms with Crippen LogP contribution in [0.2, 0.25) is 0 Å². The SMILES string of the molecule is COC(=O)CC(=O)C(C=NNc1c(F)cccc1C1CC1)=C(O)c1ccc(Br)cc1. The van der Waals surface area contributed by atoms with Gasteiger partial charge >= 0.3 is 5.97 Å². The molecular weight excluding hydrogens is 455 g/mol. The molecule has 0 radical (unpaired) electrons. The first-order valence-electron chi connectivity index (χ1n) is 9.27. The highest BCUT2D eigenvalue weighted by Crippen LogP contribution is 2.44. The molecule has 2 aromatic carbocycles. The maximum absolute atomic E-state index is 14.3. The van der Waals surface area contributed by atoms with Gasteiger partial charge in [0, 0.05) is 10.0 Å². The predicted octanol–water partition coefficient (Wildman–Crippen LogP) is 4.96. The van der Waals surface area contributed by atoms with Crippen LogP contribution in [0.15, 0.2) is 57.6 Å². The van der Waals surface area contributed by atoms with Gasteiger partial charge in [-0.1, -0.05) is 40.2 Å². The molecule has 1 aliphatic carbocycles. The van der Waals surface area contributed by atoms with Crippen molar-refractivity contribution in [3.05, 3.63) is 69.5 Å². The van der Waals surface area contributed by atoms with Gasteiger partial charge in [-0.3, -0.25) is 15.0 Å². The lowest BCUT2D eigenvalue weighted by Crippen LogP contribution is -2.14. The van der Waals surface area contributed by atoms with Crippen molar-refractivity contribution in [3.63, 3.8) is 0 Å². The van der Waals surface area contributed by atoms with Crippen LogP contribution < -0.4 is 5.43 Å². The van der Waals surface area contributed by atoms with Gasteiger partial charge in [-0.05, 0) is 42.5 Å². The van der Waals surface area contributed by atoms with Gasteiger partial charge in [-0.25, -0.2) is 4.39 Å². The summed E-state index contributed by atoms with van der Waals surface area (Å²) in [5, 5.41) is 14.6. The maximum Gasteiger partial charge on any atom is 0.313 e. The zero-order valence-corrected chi connectivity index (χ0v) is 17.8. The number of esters is 1. The number of carbonyl (C=O) groups excluding carboxylic acids is 2. The van der Waals surface area contributed by atoms with Crippen molar-refractivity contribution in [1.29, 1.82) is 0 Å². The number of aliphatic hydroxyl groups is 1. The molecule has 156 valence electrons. The molecule has 0 aromatic heterocycles. The zero-order chi connectivity index (χ0) is 21.7. The molecule has 1 saturated carbocycles. The lowest BCUT2D eigenvalue weighted by molar-refractivity contribution is -0.142. The Kier molecular flexibility index (Phi) is 6.99. The average Bonchev–Trinajstić information content (AvgIpc) is 3.57. The van der Waals surface area contributed by atoms with E-state index in [0.717, 1.165) is 29.1 Å². The first kappa shape index (κ1) is 21.7. The van der Waals surface area contributed by atoms with Crippen LogP contribution in [-0.4, -0.2) is 30.2 Å². The van der Waals surface area contributed by atoms with Crippen LogP contribution in [0, 0.1) is 5.82 Å². The predicted molar refractivity (Wildman–Crippen MR) is 116 cm³/mol. The van der Waals surface area contributed by atoms with Gasteiger partial charge in [0.2, 0.25) is 0 Å². The van der Waals surface area contributed by atoms with E-state index in [9.17, 15) is 19.1 Å². The molecule has 0 unspecified atom stereocenters. The number of anilines is 1. The minimum atomic E-state index is -0.743. The fourth-order valence-electron chi connectivity index (χ4n) is 2.88. The quantitative estimate of drug-likeness (QED) is 0.141. The van der Waals surface area contributed by atoms with Gasteiger partial charge in [0.05, 0.1) is 24.6 Å². The Morgan fingerprint density at radius 3 is 2.60 bits per heavy atom. The second-order valence-electron chi connectivity index (χ2n) is 6.79. The molecule has 30 heavy (non-hydrogen) atoms. The molecule has 0 amide bonds. The number of hydrogen-bond donors (Lipinski definition) is 2. The van der Waals surface area contributed by atoms with E-state index >= 15 is 0 Å². The number of methoxy groups -OCH3 is 1. The topological polar surface area (TPSA) is 88.0 Å². The first-order valence-corrected chi connectivity index (χ1v) is 10.1. The van der Waals surface area contributed by atoms with Gasteiger partial charge in [0.25, 0.3) is 0 Å². The average molecular weight is 475 g/mol. The van der Waals surface area contributed by atoms with Crippen LogP contribution in [0.5, 0.6) is 0 Å². The molecule has 2 aromatic rings. The van der Waals surface area contributed by atoms with E-state index in [-0.39, 0.29) is 22.9 Å². The fourth-order valence-corrected chi connectivity index (χ4v) is 3.15. The van der Waals surface area contributed by atoms with Crippen molar-refractivity contribution in [1.82, 2.24) is 0 Å². The van der Waals surface area contributed by atoms with Crippen molar-refractivity contribution < 1.29 is 23.8 Å². The normalized spacial score (nSPS) is 14.4. The van der Waals surface area contributed by atoms with E-state index in [1.807, 2.05) is 6.07 Å². The number of ether oxygens (including phenoxy) is 1. The van der Waals surface area contributed by atoms with Crippen LogP contribution in [0.4, 0.5) is 10.1 Å². The molecule has 0 atom stereocenters. The molecule has 0 aliphatic heterocycles. The molecule has 8 heteroatoms. The third-order valence-corrected chi connectivity index (χ3v) is 5.17. The third-order valence-electron chi connectivity index (χ3n) is 4.64. The largest absolute Gasteiger partial charge is 0.507 e. The molecular formula is C22H20BrFN2O4. The number of allylic oxidation sites excluding steroid dienone is 1. The Labute approximate surface area is 181 Å². The van der Waals surface area contributed by atoms with E-state index in [2.05, 4.69) is 31.2 Å². The number of aliphatic hydroxyl groups excluding tert-OH is 1. The number of Topliss-reactive ketones (excluding diaryl/α,β-unsaturated/α-hetero) is 1. The summed E-state index contributed by atoms with van der Waals surface area (Å²) in [4.78, 5) is 24.1. The number of hydrazone groups is 1. The smallest absolute Gasteiger partial charge is 0.313 e. The molecule has 2 N–H and O–H groups in total. The van der Waals surface area contributed by atoms with Gasteiger partial charge in [-0.15, -0.1) is 0 Å². The first-order chi connectivity index (χ1) is 14.4. The lowest BCUT2D eigenvalue weighted by atomic mass is 10.0. The van der Waals surface area contributed by atoms with Crippen LogP contribution >= 0.6 is 15.9 Å². The van der Waals surface area contributed by atoms with Gasteiger partial charge < -0.3 is 9.84 Å². The Hall–Kier alpha value is -3.00. The fraction of sp³-hybridized carbons (Fsp3) is 0.227. The highest BCUT2D eigenvalue weighted by molar-refractivity contribution is 9.10. The molecule has 3 rings (SSSR count). The molecule has 0 bridgehead atoms. The number of para-hydroxylation sites is 1. The standard InChI is InChI=1S/C22H20BrFN2O4/c1-30-20(28)11-19(27)17(22(29)14-7-9-15(23)10-8-14)12-25-26-21-16(13-5-6-13)3-2-4-18(21)24/h2-4,7-10,12-13,26,29H,5-6,11H2,1H3. The number of ketones is 1. The molecule has 1 aliphatic rings. The van der Waals surface area contributed by atoms with E-state index < -0.39 is 24.0 Å². The van der Waals surface area contributed by atoms with Crippen LogP contribution in [0.25, 0.3) is 5.76 Å². The molecule has 6 nitrogen and oxygen atoms in total. The van der Waals surface area contributed by atoms with E-state index in [1.54, 1.807) is 30.3 Å². The summed E-state index contributed by atoms with van der Waals surface area (Å²) in [6, 6.07) is 11.4. The third kappa shape index (κ3) is 5.33. The summed E-state index contributed by atoms with van der Waals surface area (Å²) in [7, 11) is 1.17. The van der Waals surface area contributed by atoms with Crippen LogP contribution in [-0.2, 0) is 14.3 Å². The van der Waals surface area contributed by atoms with Gasteiger partial charge in [0.1, 0.15) is 18.0 Å². The highest BCUT2D eigenvalue weighted by atomic mass is 79.9. The number of rotatable bonds is 8. The number of nitrogens with one attached hydrogen (secondary N) is 1.